The number of aryl methyl sites for hydroxylation is 3. The molecule has 2 aromatic carbocycles. The van der Waals surface area contributed by atoms with E-state index in [0.29, 0.717) is 51.2 Å². The van der Waals surface area contributed by atoms with Crippen molar-refractivity contribution >= 4 is 26.6 Å². The van der Waals surface area contributed by atoms with Crippen molar-refractivity contribution in [2.24, 2.45) is 7.05 Å². The quantitative estimate of drug-likeness (QED) is 0.314. The molecule has 2 heterocycles. The first-order valence-electron chi connectivity index (χ1n) is 12.5. The number of rotatable bonds is 7. The summed E-state index contributed by atoms with van der Waals surface area (Å²) in [6.45, 7) is 9.13. The number of aromatic amines is 1. The molecule has 39 heavy (non-hydrogen) atoms. The van der Waals surface area contributed by atoms with E-state index in [2.05, 4.69) is 10.3 Å². The first kappa shape index (κ1) is 28.1. The van der Waals surface area contributed by atoms with Crippen LogP contribution in [0.1, 0.15) is 48.0 Å². The van der Waals surface area contributed by atoms with Crippen LogP contribution in [0, 0.1) is 13.8 Å². The third-order valence-electron chi connectivity index (χ3n) is 6.60. The highest BCUT2D eigenvalue weighted by atomic mass is 32.2. The fourth-order valence-corrected chi connectivity index (χ4v) is 5.31. The maximum absolute atomic E-state index is 13.0. The number of amides is 1. The van der Waals surface area contributed by atoms with Gasteiger partial charge in [0, 0.05) is 42.6 Å². The SMILES string of the molecule is CCNC(=O)c1cc2c(-c3cc(C(C)(C)O)ccc3Oc3c(C)cc(S(C)(=O)=O)cc3C)cn(C)c(=O)c2[nH]1. The van der Waals surface area contributed by atoms with E-state index in [1.807, 2.05) is 6.92 Å². The maximum Gasteiger partial charge on any atom is 0.274 e. The summed E-state index contributed by atoms with van der Waals surface area (Å²) in [5, 5.41) is 14.0. The van der Waals surface area contributed by atoms with Gasteiger partial charge in [-0.05, 0) is 81.6 Å². The molecule has 0 aliphatic rings. The number of ether oxygens (including phenoxy) is 1. The number of fused-ring (bicyclic) bond motifs is 1. The molecule has 3 N–H and O–H groups in total. The van der Waals surface area contributed by atoms with Crippen LogP contribution in [0.15, 0.2) is 52.3 Å². The lowest BCUT2D eigenvalue weighted by Gasteiger charge is -2.22. The third-order valence-corrected chi connectivity index (χ3v) is 7.69. The van der Waals surface area contributed by atoms with Gasteiger partial charge >= 0.3 is 0 Å². The van der Waals surface area contributed by atoms with Gasteiger partial charge in [0.05, 0.1) is 10.5 Å². The van der Waals surface area contributed by atoms with E-state index in [0.717, 1.165) is 6.26 Å². The zero-order valence-corrected chi connectivity index (χ0v) is 23.9. The predicted octanol–water partition coefficient (Wildman–Crippen LogP) is 4.32. The summed E-state index contributed by atoms with van der Waals surface area (Å²) >= 11 is 0. The minimum Gasteiger partial charge on any atom is -0.456 e. The molecule has 4 rings (SSSR count). The molecule has 2 aromatic heterocycles. The molecule has 4 aromatic rings. The number of carbonyl (C=O) groups is 1. The summed E-state index contributed by atoms with van der Waals surface area (Å²) in [5.41, 5.74) is 2.14. The summed E-state index contributed by atoms with van der Waals surface area (Å²) < 4.78 is 32.1. The molecule has 206 valence electrons. The van der Waals surface area contributed by atoms with Crippen LogP contribution in [0.25, 0.3) is 22.0 Å². The van der Waals surface area contributed by atoms with E-state index in [-0.39, 0.29) is 27.6 Å². The fraction of sp³-hybridized carbons (Fsp3) is 0.310. The lowest BCUT2D eigenvalue weighted by Crippen LogP contribution is -2.23. The molecule has 0 bridgehead atoms. The molecule has 0 aliphatic carbocycles. The topological polar surface area (TPSA) is 130 Å². The van der Waals surface area contributed by atoms with Gasteiger partial charge in [0.25, 0.3) is 11.5 Å². The number of sulfone groups is 1. The van der Waals surface area contributed by atoms with Crippen LogP contribution in [0.3, 0.4) is 0 Å². The summed E-state index contributed by atoms with van der Waals surface area (Å²) in [5.74, 6) is 0.598. The molecule has 0 atom stereocenters. The van der Waals surface area contributed by atoms with Crippen molar-refractivity contribution in [1.82, 2.24) is 14.9 Å². The largest absolute Gasteiger partial charge is 0.456 e. The monoisotopic (exact) mass is 551 g/mol. The van der Waals surface area contributed by atoms with Crippen LogP contribution in [-0.4, -0.2) is 41.8 Å². The molecule has 0 radical (unpaired) electrons. The van der Waals surface area contributed by atoms with Gasteiger partial charge in [-0.1, -0.05) is 6.07 Å². The second-order valence-electron chi connectivity index (χ2n) is 10.3. The average Bonchev–Trinajstić information content (AvgIpc) is 3.29. The Bertz CT molecular complexity index is 1750. The highest BCUT2D eigenvalue weighted by Crippen LogP contribution is 2.41. The van der Waals surface area contributed by atoms with E-state index in [9.17, 15) is 23.1 Å². The molecule has 0 saturated carbocycles. The molecular weight excluding hydrogens is 518 g/mol. The zero-order valence-electron chi connectivity index (χ0n) is 23.1. The predicted molar refractivity (Wildman–Crippen MR) is 151 cm³/mol. The van der Waals surface area contributed by atoms with Gasteiger partial charge in [0.1, 0.15) is 22.7 Å². The number of nitrogens with zero attached hydrogens (tertiary/aromatic N) is 1. The van der Waals surface area contributed by atoms with Gasteiger partial charge in [-0.2, -0.15) is 0 Å². The normalized spacial score (nSPS) is 12.1. The van der Waals surface area contributed by atoms with Crippen LogP contribution in [0.4, 0.5) is 0 Å². The lowest BCUT2D eigenvalue weighted by atomic mass is 9.93. The summed E-state index contributed by atoms with van der Waals surface area (Å²) in [6.07, 6.45) is 2.83. The summed E-state index contributed by atoms with van der Waals surface area (Å²) in [4.78, 5) is 28.7. The standard InChI is InChI=1S/C29H33N3O6S/c1-8-30-27(33)23-14-21-22(15-32(6)28(34)25(21)31-23)20-13-18(29(4,5)35)9-10-24(20)38-26-16(2)11-19(12-17(26)3)39(7,36)37/h9-15,31,35H,8H2,1-7H3,(H,30,33). The van der Waals surface area contributed by atoms with Crippen molar-refractivity contribution < 1.29 is 23.1 Å². The number of aromatic nitrogens is 2. The van der Waals surface area contributed by atoms with Crippen LogP contribution in [0.5, 0.6) is 11.5 Å². The fourth-order valence-electron chi connectivity index (χ4n) is 4.53. The number of pyridine rings is 1. The van der Waals surface area contributed by atoms with Gasteiger partial charge < -0.3 is 24.7 Å². The number of aliphatic hydroxyl groups is 1. The van der Waals surface area contributed by atoms with Gasteiger partial charge in [0.2, 0.25) is 0 Å². The van der Waals surface area contributed by atoms with Crippen molar-refractivity contribution in [1.29, 1.82) is 0 Å². The number of hydrogen-bond acceptors (Lipinski definition) is 6. The number of nitrogens with one attached hydrogen (secondary N) is 2. The lowest BCUT2D eigenvalue weighted by molar-refractivity contribution is 0.0786. The second kappa shape index (κ2) is 10.0. The average molecular weight is 552 g/mol. The molecule has 9 nitrogen and oxygen atoms in total. The van der Waals surface area contributed by atoms with Gasteiger partial charge in [-0.15, -0.1) is 0 Å². The minimum atomic E-state index is -3.40. The Morgan fingerprint density at radius 3 is 2.31 bits per heavy atom. The number of benzene rings is 2. The number of carbonyl (C=O) groups excluding carboxylic acids is 1. The van der Waals surface area contributed by atoms with Crippen molar-refractivity contribution in [3.8, 4) is 22.6 Å². The maximum atomic E-state index is 13.0. The second-order valence-corrected chi connectivity index (χ2v) is 12.3. The first-order valence-corrected chi connectivity index (χ1v) is 14.4. The molecule has 0 unspecified atom stereocenters. The Morgan fingerprint density at radius 1 is 1.10 bits per heavy atom. The van der Waals surface area contributed by atoms with Crippen molar-refractivity contribution in [3.63, 3.8) is 0 Å². The smallest absolute Gasteiger partial charge is 0.274 e. The summed E-state index contributed by atoms with van der Waals surface area (Å²) in [7, 11) is -1.78. The Labute approximate surface area is 227 Å². The van der Waals surface area contributed by atoms with Crippen LogP contribution < -0.4 is 15.6 Å². The Hall–Kier alpha value is -3.89. The first-order chi connectivity index (χ1) is 18.1. The van der Waals surface area contributed by atoms with Gasteiger partial charge in [-0.3, -0.25) is 9.59 Å². The Morgan fingerprint density at radius 2 is 1.74 bits per heavy atom. The van der Waals surface area contributed by atoms with E-state index in [4.69, 9.17) is 4.74 Å². The molecular formula is C29H33N3O6S. The van der Waals surface area contributed by atoms with E-state index < -0.39 is 15.4 Å². The molecule has 0 aliphatic heterocycles. The minimum absolute atomic E-state index is 0.201. The third kappa shape index (κ3) is 5.48. The van der Waals surface area contributed by atoms with Crippen molar-refractivity contribution in [2.75, 3.05) is 12.8 Å². The van der Waals surface area contributed by atoms with E-state index in [1.165, 1.54) is 4.57 Å². The van der Waals surface area contributed by atoms with Gasteiger partial charge in [-0.25, -0.2) is 8.42 Å². The Balaban J connectivity index is 1.98. The number of hydrogen-bond donors (Lipinski definition) is 3. The van der Waals surface area contributed by atoms with Gasteiger partial charge in [0.15, 0.2) is 9.84 Å². The molecule has 1 amide bonds. The zero-order chi connectivity index (χ0) is 28.9. The van der Waals surface area contributed by atoms with E-state index in [1.54, 1.807) is 77.3 Å². The number of H-pyrrole nitrogens is 1. The van der Waals surface area contributed by atoms with E-state index >= 15 is 0 Å². The van der Waals surface area contributed by atoms with Crippen LogP contribution >= 0.6 is 0 Å². The summed E-state index contributed by atoms with van der Waals surface area (Å²) in [6, 6.07) is 10.1. The van der Waals surface area contributed by atoms with Crippen molar-refractivity contribution in [2.45, 2.75) is 45.1 Å². The highest BCUT2D eigenvalue weighted by Gasteiger charge is 2.23. The Kier molecular flexibility index (Phi) is 7.22. The molecule has 10 heteroatoms. The molecule has 0 fully saturated rings. The molecule has 0 spiro atoms. The van der Waals surface area contributed by atoms with Crippen LogP contribution in [0.2, 0.25) is 0 Å². The highest BCUT2D eigenvalue weighted by molar-refractivity contribution is 7.90. The van der Waals surface area contributed by atoms with Crippen LogP contribution in [-0.2, 0) is 22.5 Å². The van der Waals surface area contributed by atoms with Crippen molar-refractivity contribution in [3.05, 3.63) is 75.3 Å². The molecule has 0 saturated heterocycles.